The van der Waals surface area contributed by atoms with Crippen molar-refractivity contribution >= 4 is 12.1 Å². The minimum absolute atomic E-state index is 0.131. The molecule has 2 aromatic heterocycles. The van der Waals surface area contributed by atoms with Crippen LogP contribution in [0.25, 0.3) is 11.3 Å². The Labute approximate surface area is 163 Å². The fourth-order valence-electron chi connectivity index (χ4n) is 3.07. The highest BCUT2D eigenvalue weighted by atomic mass is 16.6. The number of aliphatic carboxylic acids is 1. The molecule has 0 radical (unpaired) electrons. The molecule has 2 atom stereocenters. The SMILES string of the molecule is CC(C)(C)OC(=O)N1C[C@H](COc2cccc(-c3ccoc3)n2)C[C@H]1C(=O)O. The van der Waals surface area contributed by atoms with Crippen molar-refractivity contribution in [2.75, 3.05) is 13.2 Å². The van der Waals surface area contributed by atoms with Crippen LogP contribution in [0, 0.1) is 5.92 Å². The summed E-state index contributed by atoms with van der Waals surface area (Å²) in [6.45, 7) is 5.75. The smallest absolute Gasteiger partial charge is 0.411 e. The second-order valence-corrected chi connectivity index (χ2v) is 7.77. The van der Waals surface area contributed by atoms with Crippen LogP contribution in [0.4, 0.5) is 4.79 Å². The van der Waals surface area contributed by atoms with Crippen molar-refractivity contribution in [1.82, 2.24) is 9.88 Å². The highest BCUT2D eigenvalue weighted by Crippen LogP contribution is 2.27. The Kier molecular flexibility index (Phi) is 5.58. The molecule has 1 fully saturated rings. The molecule has 0 spiro atoms. The van der Waals surface area contributed by atoms with Crippen LogP contribution in [0.5, 0.6) is 5.88 Å². The van der Waals surface area contributed by atoms with E-state index >= 15 is 0 Å². The van der Waals surface area contributed by atoms with Crippen LogP contribution >= 0.6 is 0 Å². The van der Waals surface area contributed by atoms with E-state index in [9.17, 15) is 14.7 Å². The molecule has 1 amide bonds. The van der Waals surface area contributed by atoms with Gasteiger partial charge in [-0.3, -0.25) is 4.90 Å². The lowest BCUT2D eigenvalue weighted by Gasteiger charge is -2.26. The molecule has 8 nitrogen and oxygen atoms in total. The fraction of sp³-hybridized carbons (Fsp3) is 0.450. The largest absolute Gasteiger partial charge is 0.480 e. The van der Waals surface area contributed by atoms with Crippen LogP contribution in [0.15, 0.2) is 41.2 Å². The predicted octanol–water partition coefficient (Wildman–Crippen LogP) is 3.43. The van der Waals surface area contributed by atoms with Crippen molar-refractivity contribution in [1.29, 1.82) is 0 Å². The number of likely N-dealkylation sites (tertiary alicyclic amines) is 1. The Bertz CT molecular complexity index is 827. The van der Waals surface area contributed by atoms with E-state index < -0.39 is 23.7 Å². The molecule has 150 valence electrons. The van der Waals surface area contributed by atoms with E-state index in [4.69, 9.17) is 13.9 Å². The lowest BCUT2D eigenvalue weighted by molar-refractivity contribution is -0.142. The zero-order valence-corrected chi connectivity index (χ0v) is 16.1. The zero-order valence-electron chi connectivity index (χ0n) is 16.1. The number of rotatable bonds is 5. The maximum absolute atomic E-state index is 12.3. The van der Waals surface area contributed by atoms with Gasteiger partial charge < -0.3 is 19.0 Å². The number of ether oxygens (including phenoxy) is 2. The van der Waals surface area contributed by atoms with Crippen molar-refractivity contribution in [3.05, 3.63) is 36.8 Å². The van der Waals surface area contributed by atoms with E-state index in [2.05, 4.69) is 4.98 Å². The Morgan fingerprint density at radius 3 is 2.75 bits per heavy atom. The normalized spacial score (nSPS) is 19.5. The number of amides is 1. The van der Waals surface area contributed by atoms with Crippen LogP contribution in [0.3, 0.4) is 0 Å². The molecule has 3 heterocycles. The van der Waals surface area contributed by atoms with Gasteiger partial charge in [0.15, 0.2) is 0 Å². The van der Waals surface area contributed by atoms with Crippen molar-refractivity contribution in [2.24, 2.45) is 5.92 Å². The molecule has 8 heteroatoms. The van der Waals surface area contributed by atoms with E-state index in [1.807, 2.05) is 12.1 Å². The van der Waals surface area contributed by atoms with E-state index in [1.165, 1.54) is 4.90 Å². The summed E-state index contributed by atoms with van der Waals surface area (Å²) in [7, 11) is 0. The number of carboxylic acid groups (broad SMARTS) is 1. The van der Waals surface area contributed by atoms with Gasteiger partial charge in [-0.2, -0.15) is 0 Å². The molecular formula is C20H24N2O6. The molecule has 1 saturated heterocycles. The zero-order chi connectivity index (χ0) is 20.3. The number of aromatic nitrogens is 1. The van der Waals surface area contributed by atoms with Crippen LogP contribution in [0.2, 0.25) is 0 Å². The second kappa shape index (κ2) is 7.92. The molecule has 2 aromatic rings. The molecular weight excluding hydrogens is 364 g/mol. The average molecular weight is 388 g/mol. The van der Waals surface area contributed by atoms with Crippen molar-refractivity contribution in [2.45, 2.75) is 38.8 Å². The molecule has 0 unspecified atom stereocenters. The highest BCUT2D eigenvalue weighted by Gasteiger charge is 2.41. The Morgan fingerprint density at radius 1 is 1.32 bits per heavy atom. The number of carbonyl (C=O) groups is 2. The van der Waals surface area contributed by atoms with Gasteiger partial charge in [-0.15, -0.1) is 0 Å². The van der Waals surface area contributed by atoms with E-state index in [-0.39, 0.29) is 19.1 Å². The van der Waals surface area contributed by atoms with Crippen LogP contribution in [-0.2, 0) is 9.53 Å². The summed E-state index contributed by atoms with van der Waals surface area (Å²) in [5.41, 5.74) is 0.872. The van der Waals surface area contributed by atoms with Crippen molar-refractivity contribution < 1.29 is 28.6 Å². The maximum Gasteiger partial charge on any atom is 0.411 e. The van der Waals surface area contributed by atoms with Gasteiger partial charge in [0.05, 0.1) is 24.8 Å². The van der Waals surface area contributed by atoms with Gasteiger partial charge >= 0.3 is 12.1 Å². The first kappa shape index (κ1) is 19.7. The minimum Gasteiger partial charge on any atom is -0.480 e. The monoisotopic (exact) mass is 388 g/mol. The first-order valence-corrected chi connectivity index (χ1v) is 9.08. The molecule has 0 aromatic carbocycles. The van der Waals surface area contributed by atoms with Crippen LogP contribution in [-0.4, -0.2) is 51.8 Å². The van der Waals surface area contributed by atoms with Gasteiger partial charge in [0, 0.05) is 24.1 Å². The summed E-state index contributed by atoms with van der Waals surface area (Å²) in [6.07, 6.45) is 2.85. The molecule has 0 bridgehead atoms. The van der Waals surface area contributed by atoms with Crippen LogP contribution < -0.4 is 4.74 Å². The van der Waals surface area contributed by atoms with E-state index in [1.54, 1.807) is 45.4 Å². The van der Waals surface area contributed by atoms with Gasteiger partial charge in [0.25, 0.3) is 0 Å². The molecule has 3 rings (SSSR count). The third-order valence-corrected chi connectivity index (χ3v) is 4.31. The molecule has 1 N–H and O–H groups in total. The van der Waals surface area contributed by atoms with Gasteiger partial charge in [0.1, 0.15) is 11.6 Å². The van der Waals surface area contributed by atoms with Gasteiger partial charge in [-0.05, 0) is 39.3 Å². The maximum atomic E-state index is 12.3. The summed E-state index contributed by atoms with van der Waals surface area (Å²) >= 11 is 0. The van der Waals surface area contributed by atoms with Crippen molar-refractivity contribution in [3.63, 3.8) is 0 Å². The summed E-state index contributed by atoms with van der Waals surface area (Å²) in [5, 5.41) is 9.46. The number of carboxylic acids is 1. The molecule has 28 heavy (non-hydrogen) atoms. The molecule has 0 saturated carbocycles. The lowest BCUT2D eigenvalue weighted by Crippen LogP contribution is -2.43. The number of carbonyl (C=O) groups excluding carboxylic acids is 1. The van der Waals surface area contributed by atoms with Gasteiger partial charge in [-0.25, -0.2) is 14.6 Å². The number of hydrogen-bond donors (Lipinski definition) is 1. The Balaban J connectivity index is 1.63. The van der Waals surface area contributed by atoms with E-state index in [0.29, 0.717) is 12.3 Å². The number of furan rings is 1. The quantitative estimate of drug-likeness (QED) is 0.837. The first-order chi connectivity index (χ1) is 13.2. The number of pyridine rings is 1. The lowest BCUT2D eigenvalue weighted by atomic mass is 10.1. The predicted molar refractivity (Wildman–Crippen MR) is 99.9 cm³/mol. The van der Waals surface area contributed by atoms with Gasteiger partial charge in [-0.1, -0.05) is 6.07 Å². The Hall–Kier alpha value is -3.03. The highest BCUT2D eigenvalue weighted by molar-refractivity contribution is 5.81. The fourth-order valence-corrected chi connectivity index (χ4v) is 3.07. The van der Waals surface area contributed by atoms with E-state index in [0.717, 1.165) is 11.3 Å². The summed E-state index contributed by atoms with van der Waals surface area (Å²) in [4.78, 5) is 29.6. The third-order valence-electron chi connectivity index (χ3n) is 4.31. The summed E-state index contributed by atoms with van der Waals surface area (Å²) in [5.74, 6) is -0.747. The first-order valence-electron chi connectivity index (χ1n) is 9.08. The standard InChI is InChI=1S/C20H24N2O6/c1-20(2,3)28-19(25)22-10-13(9-16(22)18(23)24)11-27-17-6-4-5-15(21-17)14-7-8-26-12-14/h4-8,12-13,16H,9-11H2,1-3H3,(H,23,24)/t13-,16+/m1/s1. The molecule has 1 aliphatic rings. The van der Waals surface area contributed by atoms with Crippen LogP contribution in [0.1, 0.15) is 27.2 Å². The second-order valence-electron chi connectivity index (χ2n) is 7.77. The topological polar surface area (TPSA) is 102 Å². The molecule has 1 aliphatic heterocycles. The number of hydrogen-bond acceptors (Lipinski definition) is 6. The minimum atomic E-state index is -1.05. The number of nitrogens with zero attached hydrogens (tertiary/aromatic N) is 2. The third kappa shape index (κ3) is 4.82. The Morgan fingerprint density at radius 2 is 2.11 bits per heavy atom. The van der Waals surface area contributed by atoms with Gasteiger partial charge in [0.2, 0.25) is 5.88 Å². The summed E-state index contributed by atoms with van der Waals surface area (Å²) in [6, 6.07) is 6.29. The summed E-state index contributed by atoms with van der Waals surface area (Å²) < 4.78 is 16.2. The molecule has 0 aliphatic carbocycles. The van der Waals surface area contributed by atoms with Crippen molar-refractivity contribution in [3.8, 4) is 17.1 Å². The average Bonchev–Trinajstić information content (AvgIpc) is 3.29.